The van der Waals surface area contributed by atoms with Gasteiger partial charge in [-0.25, -0.2) is 4.57 Å². The minimum Gasteiger partial charge on any atom is -1.00 e. The maximum absolute atomic E-state index is 2.34. The smallest absolute Gasteiger partial charge is 0.169 e. The molecular formula is C19H34FN. The van der Waals surface area contributed by atoms with Crippen LogP contribution in [0.5, 0.6) is 0 Å². The maximum Gasteiger partial charge on any atom is 0.169 e. The molecule has 0 aromatic carbocycles. The monoisotopic (exact) mass is 295 g/mol. The minimum atomic E-state index is 0. The van der Waals surface area contributed by atoms with Gasteiger partial charge in [-0.2, -0.15) is 0 Å². The van der Waals surface area contributed by atoms with E-state index in [1.165, 1.54) is 82.7 Å². The summed E-state index contributed by atoms with van der Waals surface area (Å²) in [6, 6.07) is 4.58. The zero-order valence-electron chi connectivity index (χ0n) is 14.1. The molecule has 1 aromatic rings. The molecule has 0 spiro atoms. The van der Waals surface area contributed by atoms with Gasteiger partial charge < -0.3 is 4.70 Å². The third kappa shape index (κ3) is 10.4. The molecule has 0 bridgehead atoms. The Kier molecular flexibility index (Phi) is 13.4. The Balaban J connectivity index is 0.00000400. The molecule has 0 aliphatic heterocycles. The molecule has 1 heterocycles. The van der Waals surface area contributed by atoms with Crippen LogP contribution in [0.2, 0.25) is 0 Å². The SMILES string of the molecule is CCCCCCCCCC[n+]1ccc(CCCC)cc1.[F-]. The van der Waals surface area contributed by atoms with Gasteiger partial charge >= 0.3 is 0 Å². The molecule has 21 heavy (non-hydrogen) atoms. The number of aryl methyl sites for hydroxylation is 2. The molecule has 1 nitrogen and oxygen atoms in total. The highest BCUT2D eigenvalue weighted by Gasteiger charge is 2.01. The van der Waals surface area contributed by atoms with Crippen molar-refractivity contribution in [3.8, 4) is 0 Å². The highest BCUT2D eigenvalue weighted by molar-refractivity contribution is 5.06. The Morgan fingerprint density at radius 3 is 1.81 bits per heavy atom. The lowest BCUT2D eigenvalue weighted by molar-refractivity contribution is -0.697. The number of nitrogens with zero attached hydrogens (tertiary/aromatic N) is 1. The summed E-state index contributed by atoms with van der Waals surface area (Å²) in [6.07, 6.45) is 19.5. The van der Waals surface area contributed by atoms with E-state index >= 15 is 0 Å². The van der Waals surface area contributed by atoms with Gasteiger partial charge in [-0.3, -0.25) is 0 Å². The molecule has 0 saturated heterocycles. The molecule has 1 aromatic heterocycles. The van der Waals surface area contributed by atoms with Crippen molar-refractivity contribution >= 4 is 0 Å². The third-order valence-corrected chi connectivity index (χ3v) is 4.05. The fraction of sp³-hybridized carbons (Fsp3) is 0.737. The van der Waals surface area contributed by atoms with Crippen LogP contribution in [0, 0.1) is 0 Å². The van der Waals surface area contributed by atoms with Crippen molar-refractivity contribution in [3.63, 3.8) is 0 Å². The molecule has 2 heteroatoms. The summed E-state index contributed by atoms with van der Waals surface area (Å²) in [5.41, 5.74) is 1.49. The summed E-state index contributed by atoms with van der Waals surface area (Å²) in [5.74, 6) is 0. The Morgan fingerprint density at radius 1 is 0.714 bits per heavy atom. The Morgan fingerprint density at radius 2 is 1.24 bits per heavy atom. The van der Waals surface area contributed by atoms with E-state index in [4.69, 9.17) is 0 Å². The van der Waals surface area contributed by atoms with Gasteiger partial charge in [0.25, 0.3) is 0 Å². The van der Waals surface area contributed by atoms with Crippen LogP contribution in [0.4, 0.5) is 0 Å². The normalized spacial score (nSPS) is 10.4. The highest BCUT2D eigenvalue weighted by atomic mass is 19.0. The number of unbranched alkanes of at least 4 members (excludes halogenated alkanes) is 8. The predicted octanol–water partition coefficient (Wildman–Crippen LogP) is 2.46. The van der Waals surface area contributed by atoms with E-state index in [9.17, 15) is 0 Å². The summed E-state index contributed by atoms with van der Waals surface area (Å²) in [6.45, 7) is 5.72. The molecule has 0 N–H and O–H groups in total. The van der Waals surface area contributed by atoms with Gasteiger partial charge in [-0.05, 0) is 24.8 Å². The zero-order valence-corrected chi connectivity index (χ0v) is 14.1. The average molecular weight is 295 g/mol. The molecule has 0 saturated carbocycles. The van der Waals surface area contributed by atoms with Crippen molar-refractivity contribution in [1.82, 2.24) is 0 Å². The van der Waals surface area contributed by atoms with Crippen LogP contribution in [0.25, 0.3) is 0 Å². The molecule has 0 radical (unpaired) electrons. The van der Waals surface area contributed by atoms with Gasteiger partial charge in [0.1, 0.15) is 6.54 Å². The van der Waals surface area contributed by atoms with Crippen molar-refractivity contribution in [2.45, 2.75) is 91.0 Å². The first kappa shape index (κ1) is 20.1. The number of pyridine rings is 1. The lowest BCUT2D eigenvalue weighted by atomic mass is 10.1. The average Bonchev–Trinajstić information content (AvgIpc) is 2.49. The number of aromatic nitrogens is 1. The summed E-state index contributed by atoms with van der Waals surface area (Å²) < 4.78 is 2.34. The number of rotatable bonds is 12. The van der Waals surface area contributed by atoms with Crippen molar-refractivity contribution < 1.29 is 9.27 Å². The second kappa shape index (κ2) is 14.0. The van der Waals surface area contributed by atoms with Crippen LogP contribution in [0.1, 0.15) is 83.6 Å². The second-order valence-corrected chi connectivity index (χ2v) is 6.02. The minimum absolute atomic E-state index is 0. The summed E-state index contributed by atoms with van der Waals surface area (Å²) >= 11 is 0. The standard InChI is InChI=1S/C19H34N.FH/c1-3-5-7-8-9-10-11-12-16-20-17-14-19(15-18-20)13-6-4-2;/h14-15,17-18H,3-13,16H2,1-2H3;1H/q+1;/p-1. The van der Waals surface area contributed by atoms with Gasteiger partial charge in [-0.1, -0.05) is 58.8 Å². The molecule has 0 aliphatic rings. The van der Waals surface area contributed by atoms with Crippen molar-refractivity contribution in [3.05, 3.63) is 30.1 Å². The van der Waals surface area contributed by atoms with Crippen molar-refractivity contribution in [2.75, 3.05) is 0 Å². The number of hydrogen-bond acceptors (Lipinski definition) is 0. The van der Waals surface area contributed by atoms with E-state index in [2.05, 4.69) is 42.9 Å². The van der Waals surface area contributed by atoms with E-state index in [1.807, 2.05) is 0 Å². The molecule has 122 valence electrons. The fourth-order valence-corrected chi connectivity index (χ4v) is 2.61. The van der Waals surface area contributed by atoms with E-state index in [-0.39, 0.29) is 4.70 Å². The Bertz CT molecular complexity index is 321. The quantitative estimate of drug-likeness (QED) is 0.412. The van der Waals surface area contributed by atoms with Crippen LogP contribution in [0.3, 0.4) is 0 Å². The summed E-state index contributed by atoms with van der Waals surface area (Å²) in [7, 11) is 0. The topological polar surface area (TPSA) is 3.88 Å². The molecule has 0 atom stereocenters. The second-order valence-electron chi connectivity index (χ2n) is 6.02. The van der Waals surface area contributed by atoms with Crippen molar-refractivity contribution in [1.29, 1.82) is 0 Å². The lowest BCUT2D eigenvalue weighted by Gasteiger charge is -2.01. The molecule has 0 amide bonds. The van der Waals surface area contributed by atoms with Crippen LogP contribution >= 0.6 is 0 Å². The van der Waals surface area contributed by atoms with Gasteiger partial charge in [0, 0.05) is 18.6 Å². The summed E-state index contributed by atoms with van der Waals surface area (Å²) in [4.78, 5) is 0. The van der Waals surface area contributed by atoms with Crippen LogP contribution in [-0.2, 0) is 13.0 Å². The zero-order chi connectivity index (χ0) is 14.5. The van der Waals surface area contributed by atoms with Gasteiger partial charge in [0.2, 0.25) is 0 Å². The van der Waals surface area contributed by atoms with E-state index < -0.39 is 0 Å². The maximum atomic E-state index is 2.34. The van der Waals surface area contributed by atoms with Crippen LogP contribution < -0.4 is 9.27 Å². The van der Waals surface area contributed by atoms with Crippen LogP contribution in [0.15, 0.2) is 24.5 Å². The Labute approximate surface area is 131 Å². The largest absolute Gasteiger partial charge is 1.00 e. The van der Waals surface area contributed by atoms with E-state index in [0.29, 0.717) is 0 Å². The van der Waals surface area contributed by atoms with Crippen molar-refractivity contribution in [2.24, 2.45) is 0 Å². The van der Waals surface area contributed by atoms with Gasteiger partial charge in [0.05, 0.1) is 0 Å². The molecule has 0 unspecified atom stereocenters. The highest BCUT2D eigenvalue weighted by Crippen LogP contribution is 2.08. The number of hydrogen-bond donors (Lipinski definition) is 0. The predicted molar refractivity (Wildman–Crippen MR) is 87.9 cm³/mol. The number of halogens is 1. The Hall–Kier alpha value is -0.920. The first-order valence-corrected chi connectivity index (χ1v) is 8.84. The van der Waals surface area contributed by atoms with Gasteiger partial charge in [-0.15, -0.1) is 0 Å². The van der Waals surface area contributed by atoms with Gasteiger partial charge in [0.15, 0.2) is 12.4 Å². The van der Waals surface area contributed by atoms with Crippen LogP contribution in [-0.4, -0.2) is 0 Å². The summed E-state index contributed by atoms with van der Waals surface area (Å²) in [5, 5.41) is 0. The third-order valence-electron chi connectivity index (χ3n) is 4.05. The molecule has 1 rings (SSSR count). The van der Waals surface area contributed by atoms with E-state index in [0.717, 1.165) is 0 Å². The molecule has 0 fully saturated rings. The lowest BCUT2D eigenvalue weighted by Crippen LogP contribution is -3.00. The molecule has 0 aliphatic carbocycles. The first-order valence-electron chi connectivity index (χ1n) is 8.84. The molecular weight excluding hydrogens is 261 g/mol. The first-order chi connectivity index (χ1) is 9.86. The fourth-order valence-electron chi connectivity index (χ4n) is 2.61. The van der Waals surface area contributed by atoms with E-state index in [1.54, 1.807) is 0 Å².